The zero-order chi connectivity index (χ0) is 22.0. The number of carbonyl (C=O) groups is 1. The van der Waals surface area contributed by atoms with Gasteiger partial charge in [-0.2, -0.15) is 5.10 Å². The minimum atomic E-state index is -0.312. The molecule has 0 spiro atoms. The predicted octanol–water partition coefficient (Wildman–Crippen LogP) is 2.52. The van der Waals surface area contributed by atoms with Crippen molar-refractivity contribution in [3.8, 4) is 11.4 Å². The molecule has 0 aliphatic carbocycles. The zero-order valence-corrected chi connectivity index (χ0v) is 17.6. The monoisotopic (exact) mass is 417 g/mol. The summed E-state index contributed by atoms with van der Waals surface area (Å²) in [7, 11) is 1.58. The van der Waals surface area contributed by atoms with E-state index < -0.39 is 0 Å². The molecular formula is C23H23N5O3. The van der Waals surface area contributed by atoms with Crippen molar-refractivity contribution in [1.29, 1.82) is 0 Å². The van der Waals surface area contributed by atoms with Crippen LogP contribution in [0.25, 0.3) is 16.7 Å². The molecule has 158 valence electrons. The maximum absolute atomic E-state index is 12.9. The van der Waals surface area contributed by atoms with Crippen LogP contribution < -0.4 is 15.6 Å². The first-order chi connectivity index (χ1) is 15.0. The van der Waals surface area contributed by atoms with Gasteiger partial charge in [0, 0.05) is 12.1 Å². The maximum atomic E-state index is 12.9. The van der Waals surface area contributed by atoms with Crippen molar-refractivity contribution in [3.05, 3.63) is 82.0 Å². The summed E-state index contributed by atoms with van der Waals surface area (Å²) in [6.45, 7) is 4.18. The van der Waals surface area contributed by atoms with Crippen LogP contribution in [0, 0.1) is 13.8 Å². The normalized spacial score (nSPS) is 10.9. The third-order valence-electron chi connectivity index (χ3n) is 4.99. The van der Waals surface area contributed by atoms with E-state index in [9.17, 15) is 9.59 Å². The summed E-state index contributed by atoms with van der Waals surface area (Å²) in [5.74, 6) is 0.401. The highest BCUT2D eigenvalue weighted by molar-refractivity contribution is 5.78. The fourth-order valence-corrected chi connectivity index (χ4v) is 3.58. The van der Waals surface area contributed by atoms with Gasteiger partial charge in [-0.1, -0.05) is 24.3 Å². The van der Waals surface area contributed by atoms with E-state index in [4.69, 9.17) is 4.74 Å². The molecule has 0 aliphatic heterocycles. The van der Waals surface area contributed by atoms with E-state index in [1.54, 1.807) is 11.8 Å². The first-order valence-corrected chi connectivity index (χ1v) is 9.86. The van der Waals surface area contributed by atoms with Crippen LogP contribution in [-0.2, 0) is 17.9 Å². The number of aromatic nitrogens is 4. The van der Waals surface area contributed by atoms with Crippen molar-refractivity contribution in [2.24, 2.45) is 0 Å². The Kier molecular flexibility index (Phi) is 5.53. The molecule has 0 saturated heterocycles. The summed E-state index contributed by atoms with van der Waals surface area (Å²) in [5, 5.41) is 7.52. The Morgan fingerprint density at radius 3 is 2.61 bits per heavy atom. The molecule has 0 radical (unpaired) electrons. The number of carbonyl (C=O) groups excluding carboxylic acids is 1. The number of hydrogen-bond acceptors (Lipinski definition) is 5. The zero-order valence-electron chi connectivity index (χ0n) is 17.6. The Labute approximate surface area is 179 Å². The van der Waals surface area contributed by atoms with Crippen LogP contribution in [-0.4, -0.2) is 32.3 Å². The van der Waals surface area contributed by atoms with Gasteiger partial charge in [0.25, 0.3) is 5.56 Å². The second-order valence-electron chi connectivity index (χ2n) is 7.41. The summed E-state index contributed by atoms with van der Waals surface area (Å²) in [4.78, 5) is 29.7. The van der Waals surface area contributed by atoms with Gasteiger partial charge in [0.05, 0.1) is 19.0 Å². The third kappa shape index (κ3) is 4.18. The van der Waals surface area contributed by atoms with Gasteiger partial charge in [0.1, 0.15) is 24.0 Å². The second kappa shape index (κ2) is 8.43. The van der Waals surface area contributed by atoms with Crippen LogP contribution in [0.5, 0.6) is 5.75 Å². The van der Waals surface area contributed by atoms with Crippen LogP contribution in [0.2, 0.25) is 0 Å². The summed E-state index contributed by atoms with van der Waals surface area (Å²) in [5.41, 5.74) is 4.03. The Balaban J connectivity index is 1.55. The van der Waals surface area contributed by atoms with Crippen LogP contribution in [0.4, 0.5) is 0 Å². The second-order valence-corrected chi connectivity index (χ2v) is 7.41. The van der Waals surface area contributed by atoms with E-state index in [2.05, 4.69) is 21.5 Å². The summed E-state index contributed by atoms with van der Waals surface area (Å²) in [6, 6.07) is 13.5. The number of nitrogens with zero attached hydrogens (tertiary/aromatic N) is 4. The summed E-state index contributed by atoms with van der Waals surface area (Å²) >= 11 is 0. The fraction of sp³-hybridized carbons (Fsp3) is 0.217. The Bertz CT molecular complexity index is 1300. The largest absolute Gasteiger partial charge is 0.496 e. The molecule has 2 heterocycles. The number of hydrogen-bond donors (Lipinski definition) is 1. The molecule has 0 aliphatic rings. The molecule has 4 rings (SSSR count). The molecule has 0 bridgehead atoms. The minimum Gasteiger partial charge on any atom is -0.496 e. The Morgan fingerprint density at radius 1 is 1.13 bits per heavy atom. The first kappa shape index (κ1) is 20.3. The number of aryl methyl sites for hydroxylation is 2. The highest BCUT2D eigenvalue weighted by atomic mass is 16.5. The first-order valence-electron chi connectivity index (χ1n) is 9.86. The molecular weight excluding hydrogens is 394 g/mol. The van der Waals surface area contributed by atoms with Crippen LogP contribution >= 0.6 is 0 Å². The molecule has 0 atom stereocenters. The van der Waals surface area contributed by atoms with E-state index in [-0.39, 0.29) is 18.0 Å². The molecule has 0 unspecified atom stereocenters. The average Bonchev–Trinajstić information content (AvgIpc) is 3.19. The van der Waals surface area contributed by atoms with Crippen molar-refractivity contribution in [3.63, 3.8) is 0 Å². The SMILES string of the molecule is COc1ccccc1CNC(=O)Cn1cnc2c(cnn2-c2cc(C)cc(C)c2)c1=O. The number of rotatable bonds is 6. The van der Waals surface area contributed by atoms with Crippen LogP contribution in [0.3, 0.4) is 0 Å². The van der Waals surface area contributed by atoms with Gasteiger partial charge in [-0.05, 0) is 43.2 Å². The van der Waals surface area contributed by atoms with Crippen molar-refractivity contribution < 1.29 is 9.53 Å². The maximum Gasteiger partial charge on any atom is 0.264 e. The number of benzene rings is 2. The van der Waals surface area contributed by atoms with Crippen LogP contribution in [0.1, 0.15) is 16.7 Å². The van der Waals surface area contributed by atoms with E-state index in [1.807, 2.05) is 50.2 Å². The van der Waals surface area contributed by atoms with Crippen molar-refractivity contribution in [2.75, 3.05) is 7.11 Å². The molecule has 4 aromatic rings. The molecule has 2 aromatic heterocycles. The minimum absolute atomic E-state index is 0.133. The Hall–Kier alpha value is -3.94. The van der Waals surface area contributed by atoms with Gasteiger partial charge < -0.3 is 10.1 Å². The number of para-hydroxylation sites is 1. The van der Waals surface area contributed by atoms with E-state index in [1.165, 1.54) is 17.1 Å². The van der Waals surface area contributed by atoms with Gasteiger partial charge >= 0.3 is 0 Å². The van der Waals surface area contributed by atoms with Gasteiger partial charge in [-0.3, -0.25) is 14.2 Å². The standard InChI is InChI=1S/C23H23N5O3/c1-15-8-16(2)10-18(9-15)28-22-19(12-26-28)23(30)27(14-25-22)13-21(29)24-11-17-6-4-5-7-20(17)31-3/h4-10,12,14H,11,13H2,1-3H3,(H,24,29). The quantitative estimate of drug-likeness (QED) is 0.521. The van der Waals surface area contributed by atoms with Gasteiger partial charge in [0.2, 0.25) is 5.91 Å². The molecule has 2 aromatic carbocycles. The third-order valence-corrected chi connectivity index (χ3v) is 4.99. The molecule has 8 heteroatoms. The fourth-order valence-electron chi connectivity index (χ4n) is 3.58. The lowest BCUT2D eigenvalue weighted by molar-refractivity contribution is -0.121. The lowest BCUT2D eigenvalue weighted by atomic mass is 10.1. The van der Waals surface area contributed by atoms with Crippen molar-refractivity contribution in [1.82, 2.24) is 24.6 Å². The summed E-state index contributed by atoms with van der Waals surface area (Å²) < 4.78 is 8.22. The van der Waals surface area contributed by atoms with E-state index >= 15 is 0 Å². The van der Waals surface area contributed by atoms with Crippen LogP contribution in [0.15, 0.2) is 59.8 Å². The molecule has 0 fully saturated rings. The van der Waals surface area contributed by atoms with Gasteiger partial charge in [0.15, 0.2) is 5.65 Å². The summed E-state index contributed by atoms with van der Waals surface area (Å²) in [6.07, 6.45) is 2.87. The molecule has 0 saturated carbocycles. The molecule has 31 heavy (non-hydrogen) atoms. The molecule has 1 amide bonds. The van der Waals surface area contributed by atoms with E-state index in [0.717, 1.165) is 22.4 Å². The number of nitrogens with one attached hydrogen (secondary N) is 1. The van der Waals surface area contributed by atoms with E-state index in [0.29, 0.717) is 23.3 Å². The molecule has 1 N–H and O–H groups in total. The highest BCUT2D eigenvalue weighted by Gasteiger charge is 2.14. The average molecular weight is 417 g/mol. The predicted molar refractivity (Wildman–Crippen MR) is 117 cm³/mol. The lowest BCUT2D eigenvalue weighted by Gasteiger charge is -2.10. The Morgan fingerprint density at radius 2 is 1.87 bits per heavy atom. The number of ether oxygens (including phenoxy) is 1. The van der Waals surface area contributed by atoms with Crippen molar-refractivity contribution >= 4 is 16.9 Å². The van der Waals surface area contributed by atoms with Gasteiger partial charge in [-0.25, -0.2) is 9.67 Å². The lowest BCUT2D eigenvalue weighted by Crippen LogP contribution is -2.32. The number of fused-ring (bicyclic) bond motifs is 1. The highest BCUT2D eigenvalue weighted by Crippen LogP contribution is 2.18. The number of amides is 1. The number of methoxy groups -OCH3 is 1. The topological polar surface area (TPSA) is 91.0 Å². The smallest absolute Gasteiger partial charge is 0.264 e. The van der Waals surface area contributed by atoms with Gasteiger partial charge in [-0.15, -0.1) is 0 Å². The molecule has 8 nitrogen and oxygen atoms in total. The van der Waals surface area contributed by atoms with Crippen molar-refractivity contribution in [2.45, 2.75) is 26.9 Å².